The van der Waals surface area contributed by atoms with Crippen molar-refractivity contribution in [2.45, 2.75) is 47.0 Å². The van der Waals surface area contributed by atoms with Crippen molar-refractivity contribution in [3.05, 3.63) is 65.2 Å². The highest BCUT2D eigenvalue weighted by molar-refractivity contribution is 5.94. The van der Waals surface area contributed by atoms with Gasteiger partial charge in [-0.15, -0.1) is 0 Å². The lowest BCUT2D eigenvalue weighted by Gasteiger charge is -2.26. The first kappa shape index (κ1) is 18.9. The summed E-state index contributed by atoms with van der Waals surface area (Å²) in [6, 6.07) is 15.3. The Bertz CT molecular complexity index is 760. The molecule has 0 aliphatic rings. The van der Waals surface area contributed by atoms with E-state index in [4.69, 9.17) is 4.74 Å². The first-order valence-electron chi connectivity index (χ1n) is 8.46. The number of hydrogen-bond donors (Lipinski definition) is 0. The molecule has 2 rings (SSSR count). The van der Waals surface area contributed by atoms with Crippen LogP contribution < -0.4 is 4.74 Å². The minimum atomic E-state index is -0.531. The minimum absolute atomic E-state index is 0.0642. The summed E-state index contributed by atoms with van der Waals surface area (Å²) in [6.45, 7) is 11.3. The minimum Gasteiger partial charge on any atom is -0.426 e. The molecule has 0 heterocycles. The van der Waals surface area contributed by atoms with Gasteiger partial charge in [-0.2, -0.15) is 0 Å². The van der Waals surface area contributed by atoms with E-state index in [0.717, 1.165) is 11.1 Å². The highest BCUT2D eigenvalue weighted by atomic mass is 16.5. The van der Waals surface area contributed by atoms with Crippen LogP contribution in [-0.2, 0) is 10.2 Å². The Morgan fingerprint density at radius 3 is 1.60 bits per heavy atom. The van der Waals surface area contributed by atoms with Gasteiger partial charge in [-0.1, -0.05) is 50.2 Å². The molecule has 0 radical (unpaired) electrons. The van der Waals surface area contributed by atoms with Crippen molar-refractivity contribution >= 4 is 11.8 Å². The second-order valence-corrected chi connectivity index (χ2v) is 7.92. The van der Waals surface area contributed by atoms with Crippen molar-refractivity contribution in [3.8, 4) is 5.75 Å². The topological polar surface area (TPSA) is 43.4 Å². The van der Waals surface area contributed by atoms with Crippen LogP contribution in [0.25, 0.3) is 0 Å². The summed E-state index contributed by atoms with van der Waals surface area (Å²) >= 11 is 0. The molecule has 0 amide bonds. The third-order valence-electron chi connectivity index (χ3n) is 4.41. The second kappa shape index (κ2) is 6.83. The van der Waals surface area contributed by atoms with E-state index >= 15 is 0 Å². The van der Waals surface area contributed by atoms with Crippen LogP contribution in [0.1, 0.15) is 63.0 Å². The molecule has 0 bridgehead atoms. The molecule has 0 spiro atoms. The van der Waals surface area contributed by atoms with Crippen molar-refractivity contribution in [2.75, 3.05) is 0 Å². The molecule has 3 nitrogen and oxygen atoms in total. The van der Waals surface area contributed by atoms with Gasteiger partial charge in [-0.3, -0.25) is 9.59 Å². The summed E-state index contributed by atoms with van der Waals surface area (Å²) in [5.41, 5.74) is 2.19. The smallest absolute Gasteiger partial charge is 0.316 e. The summed E-state index contributed by atoms with van der Waals surface area (Å²) in [7, 11) is 0. The molecule has 0 saturated carbocycles. The third kappa shape index (κ3) is 4.36. The third-order valence-corrected chi connectivity index (χ3v) is 4.41. The first-order chi connectivity index (χ1) is 11.5. The zero-order valence-electron chi connectivity index (χ0n) is 15.8. The zero-order chi connectivity index (χ0) is 18.8. The average Bonchev–Trinajstić information content (AvgIpc) is 2.54. The molecule has 0 N–H and O–H groups in total. The van der Waals surface area contributed by atoms with E-state index in [1.807, 2.05) is 69.3 Å². The molecule has 0 saturated heterocycles. The molecular formula is C22H26O3. The van der Waals surface area contributed by atoms with Gasteiger partial charge in [-0.05, 0) is 51.0 Å². The van der Waals surface area contributed by atoms with Gasteiger partial charge < -0.3 is 4.74 Å². The number of esters is 1. The number of ketones is 1. The predicted octanol–water partition coefficient (Wildman–Crippen LogP) is 5.17. The molecule has 0 unspecified atom stereocenters. The highest BCUT2D eigenvalue weighted by Crippen LogP contribution is 2.33. The maximum Gasteiger partial charge on any atom is 0.316 e. The van der Waals surface area contributed by atoms with E-state index in [2.05, 4.69) is 13.8 Å². The zero-order valence-corrected chi connectivity index (χ0v) is 15.8. The summed E-state index contributed by atoms with van der Waals surface area (Å²) in [4.78, 5) is 23.4. The number of hydrogen-bond acceptors (Lipinski definition) is 3. The molecule has 0 fully saturated rings. The largest absolute Gasteiger partial charge is 0.426 e. The number of Topliss-reactive ketones (excluding diaryl/α,β-unsaturated/α-hetero) is 1. The normalized spacial score (nSPS) is 11.9. The van der Waals surface area contributed by atoms with E-state index < -0.39 is 5.41 Å². The summed E-state index contributed by atoms with van der Waals surface area (Å²) in [6.07, 6.45) is 0. The number of benzene rings is 2. The molecule has 132 valence electrons. The highest BCUT2D eigenvalue weighted by Gasteiger charge is 2.25. The molecule has 0 aliphatic carbocycles. The Balaban J connectivity index is 2.22. The number of carbonyl (C=O) groups is 2. The monoisotopic (exact) mass is 338 g/mol. The fourth-order valence-electron chi connectivity index (χ4n) is 2.49. The van der Waals surface area contributed by atoms with E-state index in [9.17, 15) is 9.59 Å². The fraction of sp³-hybridized carbons (Fsp3) is 0.364. The number of rotatable bonds is 4. The number of carbonyl (C=O) groups excluding carboxylic acids is 2. The maximum absolute atomic E-state index is 12.0. The Hall–Kier alpha value is -2.42. The van der Waals surface area contributed by atoms with Crippen LogP contribution in [0, 0.1) is 5.41 Å². The SMILES string of the molecule is CC(=O)c1ccc(C(C)(C)c2ccc(OC(=O)C(C)(C)C)cc2)cc1. The molecule has 2 aromatic carbocycles. The van der Waals surface area contributed by atoms with Crippen LogP contribution >= 0.6 is 0 Å². The molecular weight excluding hydrogens is 312 g/mol. The Morgan fingerprint density at radius 1 is 0.760 bits per heavy atom. The Kier molecular flexibility index (Phi) is 5.17. The summed E-state index contributed by atoms with van der Waals surface area (Å²) < 4.78 is 5.42. The standard InChI is InChI=1S/C22H26O3/c1-15(23)16-7-9-17(10-8-16)22(5,6)18-11-13-19(14-12-18)25-20(24)21(2,3)4/h7-14H,1-6H3. The molecule has 0 aromatic heterocycles. The maximum atomic E-state index is 12.0. The van der Waals surface area contributed by atoms with E-state index in [1.165, 1.54) is 0 Å². The van der Waals surface area contributed by atoms with Crippen LogP contribution in [0.3, 0.4) is 0 Å². The molecule has 2 aromatic rings. The predicted molar refractivity (Wildman–Crippen MR) is 100 cm³/mol. The van der Waals surface area contributed by atoms with E-state index in [-0.39, 0.29) is 17.2 Å². The van der Waals surface area contributed by atoms with Crippen LogP contribution in [0.5, 0.6) is 5.75 Å². The lowest BCUT2D eigenvalue weighted by Crippen LogP contribution is -2.25. The second-order valence-electron chi connectivity index (χ2n) is 7.92. The quantitative estimate of drug-likeness (QED) is 0.439. The van der Waals surface area contributed by atoms with Gasteiger partial charge in [0.1, 0.15) is 5.75 Å². The van der Waals surface area contributed by atoms with Gasteiger partial charge >= 0.3 is 5.97 Å². The lowest BCUT2D eigenvalue weighted by atomic mass is 9.78. The van der Waals surface area contributed by atoms with Gasteiger partial charge in [-0.25, -0.2) is 0 Å². The molecule has 3 heteroatoms. The summed E-state index contributed by atoms with van der Waals surface area (Å²) in [5, 5.41) is 0. The van der Waals surface area contributed by atoms with E-state index in [1.54, 1.807) is 6.92 Å². The molecule has 0 aliphatic heterocycles. The van der Waals surface area contributed by atoms with Crippen LogP contribution in [-0.4, -0.2) is 11.8 Å². The van der Waals surface area contributed by atoms with Gasteiger partial charge in [0, 0.05) is 11.0 Å². The lowest BCUT2D eigenvalue weighted by molar-refractivity contribution is -0.143. The van der Waals surface area contributed by atoms with Gasteiger partial charge in [0.15, 0.2) is 5.78 Å². The Morgan fingerprint density at radius 2 is 1.20 bits per heavy atom. The summed E-state index contributed by atoms with van der Waals surface area (Å²) in [5.74, 6) is 0.361. The average molecular weight is 338 g/mol. The molecule has 0 atom stereocenters. The van der Waals surface area contributed by atoms with Crippen LogP contribution in [0.4, 0.5) is 0 Å². The van der Waals surface area contributed by atoms with Crippen molar-refractivity contribution in [1.82, 2.24) is 0 Å². The Labute approximate surface area is 150 Å². The van der Waals surface area contributed by atoms with Crippen molar-refractivity contribution in [2.24, 2.45) is 5.41 Å². The van der Waals surface area contributed by atoms with Crippen molar-refractivity contribution in [1.29, 1.82) is 0 Å². The number of ether oxygens (including phenoxy) is 1. The van der Waals surface area contributed by atoms with Crippen LogP contribution in [0.15, 0.2) is 48.5 Å². The van der Waals surface area contributed by atoms with Crippen molar-refractivity contribution in [3.63, 3.8) is 0 Å². The van der Waals surface area contributed by atoms with Gasteiger partial charge in [0.25, 0.3) is 0 Å². The van der Waals surface area contributed by atoms with E-state index in [0.29, 0.717) is 11.3 Å². The van der Waals surface area contributed by atoms with Gasteiger partial charge in [0.05, 0.1) is 5.41 Å². The first-order valence-corrected chi connectivity index (χ1v) is 8.46. The van der Waals surface area contributed by atoms with Crippen molar-refractivity contribution < 1.29 is 14.3 Å². The fourth-order valence-corrected chi connectivity index (χ4v) is 2.49. The van der Waals surface area contributed by atoms with Gasteiger partial charge in [0.2, 0.25) is 0 Å². The van der Waals surface area contributed by atoms with Crippen LogP contribution in [0.2, 0.25) is 0 Å². The molecule has 25 heavy (non-hydrogen) atoms.